The molecule has 0 N–H and O–H groups in total. The first-order chi connectivity index (χ1) is 8.42. The average molecular weight is 227 g/mol. The summed E-state index contributed by atoms with van der Waals surface area (Å²) in [5.74, 6) is 1.80. The number of benzene rings is 1. The SMILES string of the molecule is c1cc(N2CCCC2)c(C2CC2)cc1C1CC1. The summed E-state index contributed by atoms with van der Waals surface area (Å²) in [6.45, 7) is 2.56. The Morgan fingerprint density at radius 1 is 0.882 bits per heavy atom. The second-order valence-corrected chi connectivity index (χ2v) is 6.06. The summed E-state index contributed by atoms with van der Waals surface area (Å²) >= 11 is 0. The van der Waals surface area contributed by atoms with Crippen LogP contribution in [0.2, 0.25) is 0 Å². The Kier molecular flexibility index (Phi) is 2.21. The lowest BCUT2D eigenvalue weighted by molar-refractivity contribution is 0.940. The van der Waals surface area contributed by atoms with E-state index in [4.69, 9.17) is 0 Å². The first kappa shape index (κ1) is 9.99. The summed E-state index contributed by atoms with van der Waals surface area (Å²) in [5, 5.41) is 0. The van der Waals surface area contributed by atoms with Crippen molar-refractivity contribution < 1.29 is 0 Å². The number of anilines is 1. The van der Waals surface area contributed by atoms with Gasteiger partial charge in [-0.15, -0.1) is 0 Å². The predicted octanol–water partition coefficient (Wildman–Crippen LogP) is 4.04. The third kappa shape index (κ3) is 1.86. The largest absolute Gasteiger partial charge is 0.371 e. The van der Waals surface area contributed by atoms with Crippen molar-refractivity contribution in [2.24, 2.45) is 0 Å². The highest BCUT2D eigenvalue weighted by molar-refractivity contribution is 5.59. The fourth-order valence-corrected chi connectivity index (χ4v) is 3.21. The molecule has 17 heavy (non-hydrogen) atoms. The molecule has 0 radical (unpaired) electrons. The van der Waals surface area contributed by atoms with Gasteiger partial charge in [-0.25, -0.2) is 0 Å². The van der Waals surface area contributed by atoms with Crippen LogP contribution in [0.1, 0.15) is 61.5 Å². The maximum absolute atomic E-state index is 2.62. The lowest BCUT2D eigenvalue weighted by Gasteiger charge is -2.22. The molecule has 3 fully saturated rings. The van der Waals surface area contributed by atoms with E-state index in [9.17, 15) is 0 Å². The second-order valence-electron chi connectivity index (χ2n) is 6.06. The van der Waals surface area contributed by atoms with E-state index in [1.54, 1.807) is 16.8 Å². The minimum atomic E-state index is 0.893. The predicted molar refractivity (Wildman–Crippen MR) is 71.8 cm³/mol. The molecule has 1 heterocycles. The molecule has 1 aliphatic heterocycles. The van der Waals surface area contributed by atoms with Gasteiger partial charge in [0.25, 0.3) is 0 Å². The smallest absolute Gasteiger partial charge is 0.0401 e. The van der Waals surface area contributed by atoms with Crippen LogP contribution >= 0.6 is 0 Å². The van der Waals surface area contributed by atoms with Gasteiger partial charge >= 0.3 is 0 Å². The zero-order valence-corrected chi connectivity index (χ0v) is 10.5. The van der Waals surface area contributed by atoms with Gasteiger partial charge in [-0.05, 0) is 67.6 Å². The molecule has 0 unspecified atom stereocenters. The molecule has 90 valence electrons. The van der Waals surface area contributed by atoms with Gasteiger partial charge in [0.2, 0.25) is 0 Å². The molecule has 1 saturated heterocycles. The minimum Gasteiger partial charge on any atom is -0.371 e. The molecule has 2 saturated carbocycles. The van der Waals surface area contributed by atoms with Crippen molar-refractivity contribution in [3.8, 4) is 0 Å². The highest BCUT2D eigenvalue weighted by Crippen LogP contribution is 2.48. The summed E-state index contributed by atoms with van der Waals surface area (Å²) in [6, 6.07) is 7.37. The van der Waals surface area contributed by atoms with Gasteiger partial charge in [-0.2, -0.15) is 0 Å². The molecule has 1 aromatic carbocycles. The molecule has 0 spiro atoms. The van der Waals surface area contributed by atoms with Crippen molar-refractivity contribution in [3.63, 3.8) is 0 Å². The van der Waals surface area contributed by atoms with Gasteiger partial charge in [0, 0.05) is 18.8 Å². The van der Waals surface area contributed by atoms with Gasteiger partial charge in [-0.1, -0.05) is 12.1 Å². The molecule has 0 aromatic heterocycles. The van der Waals surface area contributed by atoms with Crippen LogP contribution in [0.4, 0.5) is 5.69 Å². The van der Waals surface area contributed by atoms with Crippen LogP contribution in [0.15, 0.2) is 18.2 Å². The molecule has 0 atom stereocenters. The van der Waals surface area contributed by atoms with E-state index in [-0.39, 0.29) is 0 Å². The Labute approximate surface area is 104 Å². The van der Waals surface area contributed by atoms with E-state index in [0.29, 0.717) is 0 Å². The number of hydrogen-bond acceptors (Lipinski definition) is 1. The molecule has 4 rings (SSSR count). The first-order valence-corrected chi connectivity index (χ1v) is 7.30. The third-order valence-corrected chi connectivity index (χ3v) is 4.56. The minimum absolute atomic E-state index is 0.893. The van der Waals surface area contributed by atoms with Crippen molar-refractivity contribution in [2.75, 3.05) is 18.0 Å². The van der Waals surface area contributed by atoms with Crippen LogP contribution in [-0.2, 0) is 0 Å². The van der Waals surface area contributed by atoms with Crippen LogP contribution < -0.4 is 4.90 Å². The Bertz CT molecular complexity index is 423. The summed E-state index contributed by atoms with van der Waals surface area (Å²) in [4.78, 5) is 2.62. The Hall–Kier alpha value is -0.980. The van der Waals surface area contributed by atoms with Gasteiger partial charge in [-0.3, -0.25) is 0 Å². The molecule has 1 aromatic rings. The van der Waals surface area contributed by atoms with Crippen molar-refractivity contribution in [3.05, 3.63) is 29.3 Å². The first-order valence-electron chi connectivity index (χ1n) is 7.30. The van der Waals surface area contributed by atoms with Gasteiger partial charge in [0.15, 0.2) is 0 Å². The molecule has 1 heteroatoms. The van der Waals surface area contributed by atoms with Crippen LogP contribution in [0.25, 0.3) is 0 Å². The van der Waals surface area contributed by atoms with Gasteiger partial charge in [0.05, 0.1) is 0 Å². The molecule has 0 bridgehead atoms. The van der Waals surface area contributed by atoms with Gasteiger partial charge < -0.3 is 4.90 Å². The highest BCUT2D eigenvalue weighted by atomic mass is 15.1. The summed E-state index contributed by atoms with van der Waals surface area (Å²) in [6.07, 6.45) is 8.47. The molecular weight excluding hydrogens is 206 g/mol. The van der Waals surface area contributed by atoms with Crippen molar-refractivity contribution in [2.45, 2.75) is 50.4 Å². The highest BCUT2D eigenvalue weighted by Gasteiger charge is 2.31. The number of hydrogen-bond donors (Lipinski definition) is 0. The van der Waals surface area contributed by atoms with E-state index < -0.39 is 0 Å². The lowest BCUT2D eigenvalue weighted by atomic mass is 10.0. The summed E-state index contributed by atoms with van der Waals surface area (Å²) < 4.78 is 0. The Balaban J connectivity index is 1.71. The molecule has 1 nitrogen and oxygen atoms in total. The maximum atomic E-state index is 2.62. The fourth-order valence-electron chi connectivity index (χ4n) is 3.21. The molecule has 0 amide bonds. The van der Waals surface area contributed by atoms with E-state index in [2.05, 4.69) is 23.1 Å². The number of nitrogens with zero attached hydrogens (tertiary/aromatic N) is 1. The van der Waals surface area contributed by atoms with E-state index >= 15 is 0 Å². The Morgan fingerprint density at radius 3 is 2.24 bits per heavy atom. The van der Waals surface area contributed by atoms with Crippen molar-refractivity contribution >= 4 is 5.69 Å². The van der Waals surface area contributed by atoms with Gasteiger partial charge in [0.1, 0.15) is 0 Å². The zero-order valence-electron chi connectivity index (χ0n) is 10.5. The molecule has 3 aliphatic rings. The van der Waals surface area contributed by atoms with Crippen molar-refractivity contribution in [1.29, 1.82) is 0 Å². The van der Waals surface area contributed by atoms with Crippen LogP contribution in [0.3, 0.4) is 0 Å². The van der Waals surface area contributed by atoms with E-state index in [1.807, 2.05) is 0 Å². The second kappa shape index (κ2) is 3.76. The monoisotopic (exact) mass is 227 g/mol. The lowest BCUT2D eigenvalue weighted by Crippen LogP contribution is -2.19. The Morgan fingerprint density at radius 2 is 1.59 bits per heavy atom. The average Bonchev–Trinajstić information content (AvgIpc) is 3.27. The van der Waals surface area contributed by atoms with E-state index in [0.717, 1.165) is 11.8 Å². The molecule has 2 aliphatic carbocycles. The zero-order chi connectivity index (χ0) is 11.2. The van der Waals surface area contributed by atoms with Crippen LogP contribution in [0, 0.1) is 0 Å². The quantitative estimate of drug-likeness (QED) is 0.753. The summed E-state index contributed by atoms with van der Waals surface area (Å²) in [7, 11) is 0. The standard InChI is InChI=1S/C16H21N/c1-2-10-17(9-1)16-8-7-14(12-3-4-12)11-15(16)13-5-6-13/h7-8,11-13H,1-6,9-10H2. The maximum Gasteiger partial charge on any atom is 0.0401 e. The number of rotatable bonds is 3. The van der Waals surface area contributed by atoms with Crippen LogP contribution in [0.5, 0.6) is 0 Å². The van der Waals surface area contributed by atoms with E-state index in [1.165, 1.54) is 51.6 Å². The molecular formula is C16H21N. The van der Waals surface area contributed by atoms with Crippen LogP contribution in [-0.4, -0.2) is 13.1 Å². The topological polar surface area (TPSA) is 3.24 Å². The normalized spacial score (nSPS) is 24.4. The van der Waals surface area contributed by atoms with Crippen molar-refractivity contribution in [1.82, 2.24) is 0 Å². The summed E-state index contributed by atoms with van der Waals surface area (Å²) in [5.41, 5.74) is 4.86. The third-order valence-electron chi connectivity index (χ3n) is 4.56. The fraction of sp³-hybridized carbons (Fsp3) is 0.625.